The molecule has 1 fully saturated rings. The summed E-state index contributed by atoms with van der Waals surface area (Å²) in [5.41, 5.74) is 0.775. The highest BCUT2D eigenvalue weighted by Crippen LogP contribution is 2.34. The van der Waals surface area contributed by atoms with Crippen LogP contribution in [0.5, 0.6) is 5.75 Å². The maximum Gasteiger partial charge on any atom is 0.373 e. The van der Waals surface area contributed by atoms with E-state index in [2.05, 4.69) is 33.9 Å². The minimum Gasteiger partial charge on any atom is -0.488 e. The minimum absolute atomic E-state index is 0.0124. The van der Waals surface area contributed by atoms with Gasteiger partial charge in [-0.1, -0.05) is 18.7 Å². The van der Waals surface area contributed by atoms with E-state index in [1.165, 1.54) is 19.2 Å². The molecule has 0 atom stereocenters. The molecule has 0 unspecified atom stereocenters. The first kappa shape index (κ1) is 21.2. The van der Waals surface area contributed by atoms with Crippen molar-refractivity contribution in [2.45, 2.75) is 6.54 Å². The van der Waals surface area contributed by atoms with E-state index in [-0.39, 0.29) is 12.3 Å². The van der Waals surface area contributed by atoms with Gasteiger partial charge in [0.2, 0.25) is 5.76 Å². The molecule has 7 nitrogen and oxygen atoms in total. The fourth-order valence-corrected chi connectivity index (χ4v) is 4.02. The summed E-state index contributed by atoms with van der Waals surface area (Å²) in [6.07, 6.45) is 3.32. The molecule has 1 saturated heterocycles. The zero-order valence-electron chi connectivity index (χ0n) is 15.3. The molecule has 9 heteroatoms. The monoisotopic (exact) mass is 525 g/mol. The molecule has 1 aliphatic rings. The second-order valence-electron chi connectivity index (χ2n) is 5.81. The molecular weight excluding hydrogens is 509 g/mol. The van der Waals surface area contributed by atoms with Gasteiger partial charge >= 0.3 is 5.97 Å². The van der Waals surface area contributed by atoms with Crippen LogP contribution in [0.2, 0.25) is 0 Å². The fraction of sp³-hybridized carbons (Fsp3) is 0.150. The van der Waals surface area contributed by atoms with Crippen molar-refractivity contribution in [1.29, 1.82) is 0 Å². The molecule has 0 N–H and O–H groups in total. The van der Waals surface area contributed by atoms with Crippen molar-refractivity contribution in [2.75, 3.05) is 13.7 Å². The van der Waals surface area contributed by atoms with Crippen molar-refractivity contribution in [3.05, 3.63) is 68.5 Å². The molecule has 0 aliphatic carbocycles. The van der Waals surface area contributed by atoms with Crippen LogP contribution in [0.15, 0.2) is 52.3 Å². The lowest BCUT2D eigenvalue weighted by Gasteiger charge is -2.10. The molecule has 0 spiro atoms. The van der Waals surface area contributed by atoms with E-state index in [1.54, 1.807) is 18.2 Å². The van der Waals surface area contributed by atoms with Gasteiger partial charge in [-0.3, -0.25) is 14.5 Å². The second kappa shape index (κ2) is 9.31. The molecule has 150 valence electrons. The van der Waals surface area contributed by atoms with Gasteiger partial charge in [0.15, 0.2) is 0 Å². The average Bonchev–Trinajstić information content (AvgIpc) is 3.27. The molecule has 1 aliphatic heterocycles. The van der Waals surface area contributed by atoms with Crippen LogP contribution in [0.1, 0.15) is 21.9 Å². The summed E-state index contributed by atoms with van der Waals surface area (Å²) in [6.45, 7) is 3.95. The van der Waals surface area contributed by atoms with Crippen LogP contribution in [-0.2, 0) is 16.1 Å². The van der Waals surface area contributed by atoms with Crippen molar-refractivity contribution < 1.29 is 28.3 Å². The zero-order valence-corrected chi connectivity index (χ0v) is 18.3. The highest BCUT2D eigenvalue weighted by Gasteiger charge is 2.35. The molecule has 0 radical (unpaired) electrons. The first-order valence-corrected chi connectivity index (χ1v) is 10.3. The van der Waals surface area contributed by atoms with E-state index in [9.17, 15) is 14.4 Å². The predicted octanol–water partition coefficient (Wildman–Crippen LogP) is 4.47. The highest BCUT2D eigenvalue weighted by molar-refractivity contribution is 14.1. The van der Waals surface area contributed by atoms with E-state index in [1.807, 2.05) is 12.1 Å². The van der Waals surface area contributed by atoms with Crippen molar-refractivity contribution >= 4 is 57.5 Å². The van der Waals surface area contributed by atoms with E-state index < -0.39 is 17.1 Å². The Kier molecular flexibility index (Phi) is 6.80. The predicted molar refractivity (Wildman–Crippen MR) is 116 cm³/mol. The SMILES string of the molecule is C=CCOc1ccc(/C=C2/SC(=O)N(Cc3ccc(C(=O)OC)o3)C2=O)cc1I. The van der Waals surface area contributed by atoms with Crippen LogP contribution in [0.4, 0.5) is 4.79 Å². The van der Waals surface area contributed by atoms with Crippen LogP contribution in [-0.4, -0.2) is 35.7 Å². The van der Waals surface area contributed by atoms with Gasteiger partial charge < -0.3 is 13.9 Å². The Morgan fingerprint density at radius 2 is 2.10 bits per heavy atom. The Bertz CT molecular complexity index is 1010. The van der Waals surface area contributed by atoms with E-state index in [0.29, 0.717) is 17.3 Å². The Labute approximate surface area is 184 Å². The molecule has 3 rings (SSSR count). The number of esters is 1. The Morgan fingerprint density at radius 1 is 1.31 bits per heavy atom. The number of ether oxygens (including phenoxy) is 2. The average molecular weight is 525 g/mol. The topological polar surface area (TPSA) is 86.1 Å². The fourth-order valence-electron chi connectivity index (χ4n) is 2.49. The van der Waals surface area contributed by atoms with Gasteiger partial charge in [-0.2, -0.15) is 0 Å². The van der Waals surface area contributed by atoms with Crippen molar-refractivity contribution in [1.82, 2.24) is 4.90 Å². The molecule has 0 bridgehead atoms. The smallest absolute Gasteiger partial charge is 0.373 e. The Balaban J connectivity index is 1.74. The number of methoxy groups -OCH3 is 1. The maximum atomic E-state index is 12.7. The lowest BCUT2D eigenvalue weighted by Crippen LogP contribution is -2.27. The van der Waals surface area contributed by atoms with E-state index in [4.69, 9.17) is 9.15 Å². The Morgan fingerprint density at radius 3 is 2.79 bits per heavy atom. The highest BCUT2D eigenvalue weighted by atomic mass is 127. The van der Waals surface area contributed by atoms with E-state index in [0.717, 1.165) is 31.5 Å². The number of halogens is 1. The number of hydrogen-bond donors (Lipinski definition) is 0. The number of furan rings is 1. The summed E-state index contributed by atoms with van der Waals surface area (Å²) in [5, 5.41) is -0.405. The van der Waals surface area contributed by atoms with E-state index >= 15 is 0 Å². The molecule has 2 aromatic rings. The van der Waals surface area contributed by atoms with Gasteiger partial charge in [0.05, 0.1) is 22.1 Å². The third kappa shape index (κ3) is 4.91. The van der Waals surface area contributed by atoms with Gasteiger partial charge in [-0.05, 0) is 70.3 Å². The number of rotatable bonds is 7. The van der Waals surface area contributed by atoms with Crippen LogP contribution in [0.3, 0.4) is 0 Å². The summed E-state index contributed by atoms with van der Waals surface area (Å²) < 4.78 is 16.3. The first-order valence-electron chi connectivity index (χ1n) is 8.38. The summed E-state index contributed by atoms with van der Waals surface area (Å²) in [5.74, 6) is -0.000954. The van der Waals surface area contributed by atoms with Crippen LogP contribution < -0.4 is 4.74 Å². The molecule has 1 aromatic heterocycles. The number of imide groups is 1. The van der Waals surface area contributed by atoms with Gasteiger partial charge in [-0.25, -0.2) is 4.79 Å². The summed E-state index contributed by atoms with van der Waals surface area (Å²) in [6, 6.07) is 8.45. The lowest BCUT2D eigenvalue weighted by atomic mass is 10.2. The normalized spacial score (nSPS) is 15.1. The number of benzene rings is 1. The molecule has 29 heavy (non-hydrogen) atoms. The third-order valence-corrected chi connectivity index (χ3v) is 5.60. The quantitative estimate of drug-likeness (QED) is 0.228. The molecule has 2 amide bonds. The number of nitrogens with zero attached hydrogens (tertiary/aromatic N) is 1. The van der Waals surface area contributed by atoms with Gasteiger partial charge in [0.1, 0.15) is 18.1 Å². The van der Waals surface area contributed by atoms with Crippen LogP contribution in [0, 0.1) is 3.57 Å². The summed E-state index contributed by atoms with van der Waals surface area (Å²) in [4.78, 5) is 37.8. The standard InChI is InChI=1S/C20H16INO6S/c1-3-8-27-15-6-4-12(9-14(15)21)10-17-18(23)22(20(25)29-17)11-13-5-7-16(28-13)19(24)26-2/h3-7,9-10H,1,8,11H2,2H3/b17-10+. The molecule has 2 heterocycles. The van der Waals surface area contributed by atoms with Crippen LogP contribution >= 0.6 is 34.4 Å². The largest absolute Gasteiger partial charge is 0.488 e. The number of hydrogen-bond acceptors (Lipinski definition) is 7. The van der Waals surface area contributed by atoms with Crippen LogP contribution in [0.25, 0.3) is 6.08 Å². The Hall–Kier alpha value is -2.53. The number of carbonyl (C=O) groups is 3. The number of carbonyl (C=O) groups excluding carboxylic acids is 3. The number of thioether (sulfide) groups is 1. The van der Waals surface area contributed by atoms with Gasteiger partial charge in [0, 0.05) is 0 Å². The summed E-state index contributed by atoms with van der Waals surface area (Å²) >= 11 is 3.00. The maximum absolute atomic E-state index is 12.7. The van der Waals surface area contributed by atoms with Crippen molar-refractivity contribution in [3.63, 3.8) is 0 Å². The summed E-state index contributed by atoms with van der Waals surface area (Å²) in [7, 11) is 1.24. The first-order chi connectivity index (χ1) is 13.9. The molecular formula is C20H16INO6S. The van der Waals surface area contributed by atoms with Crippen molar-refractivity contribution in [2.24, 2.45) is 0 Å². The minimum atomic E-state index is -0.625. The molecule has 1 aromatic carbocycles. The van der Waals surface area contributed by atoms with Gasteiger partial charge in [0.25, 0.3) is 11.1 Å². The van der Waals surface area contributed by atoms with Crippen molar-refractivity contribution in [3.8, 4) is 5.75 Å². The molecule has 0 saturated carbocycles. The lowest BCUT2D eigenvalue weighted by molar-refractivity contribution is -0.123. The zero-order chi connectivity index (χ0) is 21.0. The van der Waals surface area contributed by atoms with Gasteiger partial charge in [-0.15, -0.1) is 0 Å². The third-order valence-electron chi connectivity index (χ3n) is 3.85. The number of amides is 2. The second-order valence-corrected chi connectivity index (χ2v) is 7.97.